The second-order valence-electron chi connectivity index (χ2n) is 3.48. The minimum Gasteiger partial charge on any atom is -0.321 e. The molecule has 0 aliphatic heterocycles. The topological polar surface area (TPSA) is 60.4 Å². The summed E-state index contributed by atoms with van der Waals surface area (Å²) in [5, 5.41) is 1.94. The SMILES string of the molecule is C#CCC(N)C(=O)Cc1cn2ccsc2n1. The summed E-state index contributed by atoms with van der Waals surface area (Å²) in [6.45, 7) is 0. The number of aromatic nitrogens is 2. The van der Waals surface area contributed by atoms with Crippen LogP contribution in [0.1, 0.15) is 12.1 Å². The fourth-order valence-corrected chi connectivity index (χ4v) is 2.13. The van der Waals surface area contributed by atoms with Gasteiger partial charge in [-0.05, 0) is 0 Å². The van der Waals surface area contributed by atoms with Crippen LogP contribution < -0.4 is 5.73 Å². The molecule has 0 spiro atoms. The van der Waals surface area contributed by atoms with Crippen LogP contribution in [-0.4, -0.2) is 21.2 Å². The molecule has 2 rings (SSSR count). The third-order valence-corrected chi connectivity index (χ3v) is 3.02. The van der Waals surface area contributed by atoms with E-state index in [1.54, 1.807) is 0 Å². The van der Waals surface area contributed by atoms with Crippen molar-refractivity contribution in [3.63, 3.8) is 0 Å². The molecule has 0 saturated heterocycles. The van der Waals surface area contributed by atoms with E-state index in [1.165, 1.54) is 11.3 Å². The molecule has 1 atom stereocenters. The summed E-state index contributed by atoms with van der Waals surface area (Å²) in [6.07, 6.45) is 9.38. The highest BCUT2D eigenvalue weighted by Gasteiger charge is 2.14. The van der Waals surface area contributed by atoms with Crippen LogP contribution in [0.15, 0.2) is 17.8 Å². The van der Waals surface area contributed by atoms with Gasteiger partial charge in [-0.2, -0.15) is 0 Å². The molecule has 16 heavy (non-hydrogen) atoms. The normalized spacial score (nSPS) is 12.5. The Morgan fingerprint density at radius 1 is 1.75 bits per heavy atom. The van der Waals surface area contributed by atoms with Crippen LogP contribution in [0.5, 0.6) is 0 Å². The van der Waals surface area contributed by atoms with Crippen molar-refractivity contribution in [2.24, 2.45) is 5.73 Å². The Balaban J connectivity index is 2.08. The predicted octanol–water partition coefficient (Wildman–Crippen LogP) is 0.858. The van der Waals surface area contributed by atoms with Gasteiger partial charge < -0.3 is 5.73 Å². The zero-order valence-corrected chi connectivity index (χ0v) is 9.41. The summed E-state index contributed by atoms with van der Waals surface area (Å²) in [6, 6.07) is -0.579. The highest BCUT2D eigenvalue weighted by molar-refractivity contribution is 7.15. The molecule has 0 aliphatic carbocycles. The lowest BCUT2D eigenvalue weighted by Crippen LogP contribution is -2.31. The average Bonchev–Trinajstić information content (AvgIpc) is 2.78. The predicted molar refractivity (Wildman–Crippen MR) is 63.2 cm³/mol. The number of fused-ring (bicyclic) bond motifs is 1. The minimum absolute atomic E-state index is 0.0660. The largest absolute Gasteiger partial charge is 0.321 e. The maximum Gasteiger partial charge on any atom is 0.193 e. The van der Waals surface area contributed by atoms with Crippen LogP contribution in [-0.2, 0) is 11.2 Å². The Bertz CT molecular complexity index is 520. The molecule has 2 heterocycles. The Kier molecular flexibility index (Phi) is 3.04. The van der Waals surface area contributed by atoms with Gasteiger partial charge in [0.2, 0.25) is 0 Å². The molecule has 2 aromatic rings. The number of nitrogens with two attached hydrogens (primary N) is 1. The lowest BCUT2D eigenvalue weighted by Gasteiger charge is -2.04. The Hall–Kier alpha value is -1.64. The Morgan fingerprint density at radius 3 is 3.25 bits per heavy atom. The van der Waals surface area contributed by atoms with Gasteiger partial charge in [-0.15, -0.1) is 23.7 Å². The van der Waals surface area contributed by atoms with Crippen LogP contribution in [0, 0.1) is 12.3 Å². The van der Waals surface area contributed by atoms with Gasteiger partial charge in [0, 0.05) is 24.2 Å². The van der Waals surface area contributed by atoms with Crippen molar-refractivity contribution in [3.8, 4) is 12.3 Å². The first-order valence-corrected chi connectivity index (χ1v) is 5.71. The molecule has 0 fully saturated rings. The molecule has 4 nitrogen and oxygen atoms in total. The summed E-state index contributed by atoms with van der Waals surface area (Å²) >= 11 is 1.53. The molecule has 1 unspecified atom stereocenters. The van der Waals surface area contributed by atoms with Crippen molar-refractivity contribution in [2.75, 3.05) is 0 Å². The zero-order valence-electron chi connectivity index (χ0n) is 8.59. The number of carbonyl (C=O) groups excluding carboxylic acids is 1. The molecule has 2 N–H and O–H groups in total. The molecule has 0 saturated carbocycles. The summed E-state index contributed by atoms with van der Waals surface area (Å²) in [5.74, 6) is 2.32. The monoisotopic (exact) mass is 233 g/mol. The maximum absolute atomic E-state index is 11.6. The number of rotatable bonds is 4. The van der Waals surface area contributed by atoms with E-state index >= 15 is 0 Å². The fraction of sp³-hybridized carbons (Fsp3) is 0.273. The van der Waals surface area contributed by atoms with Crippen LogP contribution in [0.25, 0.3) is 4.96 Å². The third kappa shape index (κ3) is 2.13. The molecular formula is C11H11N3OS. The maximum atomic E-state index is 11.6. The van der Waals surface area contributed by atoms with Gasteiger partial charge in [-0.3, -0.25) is 9.20 Å². The van der Waals surface area contributed by atoms with Crippen LogP contribution in [0.4, 0.5) is 0 Å². The van der Waals surface area contributed by atoms with E-state index in [0.717, 1.165) is 10.7 Å². The molecule has 0 amide bonds. The van der Waals surface area contributed by atoms with Gasteiger partial charge in [0.05, 0.1) is 18.2 Å². The van der Waals surface area contributed by atoms with E-state index in [1.807, 2.05) is 22.2 Å². The second kappa shape index (κ2) is 4.47. The van der Waals surface area contributed by atoms with E-state index in [2.05, 4.69) is 10.9 Å². The van der Waals surface area contributed by atoms with E-state index in [-0.39, 0.29) is 18.6 Å². The van der Waals surface area contributed by atoms with Crippen LogP contribution >= 0.6 is 11.3 Å². The molecule has 5 heteroatoms. The van der Waals surface area contributed by atoms with Crippen LogP contribution in [0.3, 0.4) is 0 Å². The van der Waals surface area contributed by atoms with E-state index in [0.29, 0.717) is 0 Å². The first-order valence-electron chi connectivity index (χ1n) is 4.83. The second-order valence-corrected chi connectivity index (χ2v) is 4.36. The van der Waals surface area contributed by atoms with E-state index in [9.17, 15) is 4.79 Å². The minimum atomic E-state index is -0.579. The molecule has 0 radical (unpaired) electrons. The first-order chi connectivity index (χ1) is 7.70. The van der Waals surface area contributed by atoms with Crippen LogP contribution in [0.2, 0.25) is 0 Å². The number of terminal acetylenes is 1. The van der Waals surface area contributed by atoms with E-state index < -0.39 is 6.04 Å². The first kappa shape index (κ1) is 10.9. The molecule has 0 aromatic carbocycles. The van der Waals surface area contributed by atoms with E-state index in [4.69, 9.17) is 12.2 Å². The number of thiazole rings is 1. The lowest BCUT2D eigenvalue weighted by molar-refractivity contribution is -0.119. The van der Waals surface area contributed by atoms with Crippen molar-refractivity contribution in [1.29, 1.82) is 0 Å². The van der Waals surface area contributed by atoms with Gasteiger partial charge in [0.25, 0.3) is 0 Å². The van der Waals surface area contributed by atoms with Gasteiger partial charge in [0.1, 0.15) is 0 Å². The van der Waals surface area contributed by atoms with Crippen molar-refractivity contribution in [3.05, 3.63) is 23.5 Å². The van der Waals surface area contributed by atoms with Crippen molar-refractivity contribution < 1.29 is 4.79 Å². The number of hydrogen-bond acceptors (Lipinski definition) is 4. The van der Waals surface area contributed by atoms with Gasteiger partial charge in [-0.25, -0.2) is 4.98 Å². The van der Waals surface area contributed by atoms with Crippen molar-refractivity contribution in [2.45, 2.75) is 18.9 Å². The summed E-state index contributed by atoms with van der Waals surface area (Å²) in [5.41, 5.74) is 6.36. The zero-order chi connectivity index (χ0) is 11.5. The molecule has 0 aliphatic rings. The van der Waals surface area contributed by atoms with Gasteiger partial charge >= 0.3 is 0 Å². The Morgan fingerprint density at radius 2 is 2.56 bits per heavy atom. The number of carbonyl (C=O) groups is 1. The molecular weight excluding hydrogens is 222 g/mol. The number of nitrogens with zero attached hydrogens (tertiary/aromatic N) is 2. The molecule has 0 bridgehead atoms. The van der Waals surface area contributed by atoms with Gasteiger partial charge in [0.15, 0.2) is 10.7 Å². The third-order valence-electron chi connectivity index (χ3n) is 2.25. The highest BCUT2D eigenvalue weighted by atomic mass is 32.1. The summed E-state index contributed by atoms with van der Waals surface area (Å²) in [4.78, 5) is 16.8. The summed E-state index contributed by atoms with van der Waals surface area (Å²) in [7, 11) is 0. The lowest BCUT2D eigenvalue weighted by atomic mass is 10.1. The number of Topliss-reactive ketones (excluding diaryl/α,β-unsaturated/α-hetero) is 1. The molecule has 2 aromatic heterocycles. The molecule has 82 valence electrons. The number of ketones is 1. The average molecular weight is 233 g/mol. The fourth-order valence-electron chi connectivity index (χ4n) is 1.41. The number of hydrogen-bond donors (Lipinski definition) is 1. The number of imidazole rings is 1. The van der Waals surface area contributed by atoms with Gasteiger partial charge in [-0.1, -0.05) is 0 Å². The smallest absolute Gasteiger partial charge is 0.193 e. The van der Waals surface area contributed by atoms with Crippen molar-refractivity contribution in [1.82, 2.24) is 9.38 Å². The standard InChI is InChI=1S/C11H11N3OS/c1-2-3-9(12)10(15)6-8-7-14-4-5-16-11(14)13-8/h1,4-5,7,9H,3,6,12H2. The highest BCUT2D eigenvalue weighted by Crippen LogP contribution is 2.12. The quantitative estimate of drug-likeness (QED) is 0.797. The summed E-state index contributed by atoms with van der Waals surface area (Å²) < 4.78 is 1.89. The Labute approximate surface area is 97.1 Å². The van der Waals surface area contributed by atoms with Crippen molar-refractivity contribution >= 4 is 22.1 Å².